The van der Waals surface area contributed by atoms with Gasteiger partial charge in [0, 0.05) is 38.3 Å². The number of benzene rings is 2. The Morgan fingerprint density at radius 3 is 2.11 bits per heavy atom. The van der Waals surface area contributed by atoms with Crippen LogP contribution in [0.5, 0.6) is 11.5 Å². The molecule has 0 amide bonds. The summed E-state index contributed by atoms with van der Waals surface area (Å²) in [6.45, 7) is 9.26. The summed E-state index contributed by atoms with van der Waals surface area (Å²) in [6.07, 6.45) is 0. The predicted octanol–water partition coefficient (Wildman–Crippen LogP) is 3.87. The molecule has 1 fully saturated rings. The maximum Gasteiger partial charge on any atom is 0.128 e. The van der Waals surface area contributed by atoms with Crippen molar-refractivity contribution in [3.63, 3.8) is 0 Å². The van der Waals surface area contributed by atoms with Gasteiger partial charge in [0.05, 0.1) is 0 Å². The highest BCUT2D eigenvalue weighted by atomic mass is 35.5. The van der Waals surface area contributed by atoms with Crippen molar-refractivity contribution in [2.24, 2.45) is 0 Å². The zero-order valence-electron chi connectivity index (χ0n) is 16.4. The van der Waals surface area contributed by atoms with Crippen molar-refractivity contribution in [3.8, 4) is 11.5 Å². The van der Waals surface area contributed by atoms with Gasteiger partial charge in [-0.2, -0.15) is 0 Å². The van der Waals surface area contributed by atoms with E-state index in [1.807, 2.05) is 0 Å². The average molecular weight is 426 g/mol. The Kier molecular flexibility index (Phi) is 9.59. The highest BCUT2D eigenvalue weighted by Gasteiger charge is 2.19. The Labute approximate surface area is 179 Å². The van der Waals surface area contributed by atoms with Crippen LogP contribution in [0.15, 0.2) is 42.5 Å². The highest BCUT2D eigenvalue weighted by Crippen LogP contribution is 2.22. The van der Waals surface area contributed by atoms with E-state index in [-0.39, 0.29) is 30.6 Å². The monoisotopic (exact) mass is 425 g/mol. The van der Waals surface area contributed by atoms with E-state index < -0.39 is 0 Å². The fraction of sp³-hybridized carbons (Fsp3) is 0.381. The normalized spacial score (nSPS) is 14.0. The van der Waals surface area contributed by atoms with Gasteiger partial charge in [-0.3, -0.25) is 10.3 Å². The van der Waals surface area contributed by atoms with E-state index in [0.717, 1.165) is 44.0 Å². The average Bonchev–Trinajstić information content (AvgIpc) is 2.65. The molecule has 0 aliphatic carbocycles. The van der Waals surface area contributed by atoms with Crippen LogP contribution in [0.4, 0.5) is 0 Å². The largest absolute Gasteiger partial charge is 0.508 e. The Bertz CT molecular complexity index is 740. The van der Waals surface area contributed by atoms with Crippen molar-refractivity contribution in [2.75, 3.05) is 39.3 Å². The number of ether oxygens (including phenoxy) is 1. The molecule has 154 valence electrons. The number of phenolic OH excluding ortho intramolecular Hbond substituents is 1. The van der Waals surface area contributed by atoms with Crippen molar-refractivity contribution in [1.29, 1.82) is 5.41 Å². The van der Waals surface area contributed by atoms with Gasteiger partial charge < -0.3 is 14.7 Å². The molecular formula is C21H29Cl2N3O2. The second-order valence-corrected chi connectivity index (χ2v) is 6.79. The molecule has 7 heteroatoms. The molecule has 28 heavy (non-hydrogen) atoms. The number of amidine groups is 1. The fourth-order valence-electron chi connectivity index (χ4n) is 3.30. The second-order valence-electron chi connectivity index (χ2n) is 6.79. The molecule has 2 N–H and O–H groups in total. The van der Waals surface area contributed by atoms with Gasteiger partial charge in [-0.25, -0.2) is 0 Å². The number of nitrogens with zero attached hydrogens (tertiary/aromatic N) is 2. The smallest absolute Gasteiger partial charge is 0.128 e. The summed E-state index contributed by atoms with van der Waals surface area (Å²) in [5, 5.41) is 17.7. The van der Waals surface area contributed by atoms with E-state index in [1.165, 1.54) is 11.1 Å². The Balaban J connectivity index is 0.00000196. The number of hydrogen-bond donors (Lipinski definition) is 2. The number of aryl methyl sites for hydroxylation is 2. The molecule has 0 unspecified atom stereocenters. The molecule has 1 aliphatic rings. The number of rotatable bonds is 5. The van der Waals surface area contributed by atoms with Crippen molar-refractivity contribution in [3.05, 3.63) is 59.2 Å². The van der Waals surface area contributed by atoms with Crippen molar-refractivity contribution < 1.29 is 9.84 Å². The lowest BCUT2D eigenvalue weighted by Crippen LogP contribution is -2.49. The summed E-state index contributed by atoms with van der Waals surface area (Å²) in [5.41, 5.74) is 3.20. The van der Waals surface area contributed by atoms with Crippen molar-refractivity contribution in [1.82, 2.24) is 9.80 Å². The first-order chi connectivity index (χ1) is 12.5. The van der Waals surface area contributed by atoms with Gasteiger partial charge in [0.2, 0.25) is 0 Å². The SMILES string of the molecule is Cc1cccc(C)c1OCCN1CCN(C(=N)c2ccc(O)cc2)CC1.Cl.Cl. The van der Waals surface area contributed by atoms with Crippen molar-refractivity contribution >= 4 is 30.6 Å². The number of halogens is 2. The molecule has 0 spiro atoms. The summed E-state index contributed by atoms with van der Waals surface area (Å²) in [5.74, 6) is 1.76. The molecule has 0 bridgehead atoms. The zero-order valence-corrected chi connectivity index (χ0v) is 18.0. The van der Waals surface area contributed by atoms with Crippen LogP contribution in [-0.2, 0) is 0 Å². The van der Waals surface area contributed by atoms with Crippen LogP contribution in [0.3, 0.4) is 0 Å². The molecule has 2 aromatic carbocycles. The molecular weight excluding hydrogens is 397 g/mol. The lowest BCUT2D eigenvalue weighted by atomic mass is 10.1. The molecule has 3 rings (SSSR count). The summed E-state index contributed by atoms with van der Waals surface area (Å²) >= 11 is 0. The minimum Gasteiger partial charge on any atom is -0.508 e. The molecule has 0 atom stereocenters. The van der Waals surface area contributed by atoms with Gasteiger partial charge in [0.15, 0.2) is 0 Å². The fourth-order valence-corrected chi connectivity index (χ4v) is 3.30. The first kappa shape index (κ1) is 24.1. The number of nitrogens with one attached hydrogen (secondary N) is 1. The summed E-state index contributed by atoms with van der Waals surface area (Å²) in [7, 11) is 0. The molecule has 2 aromatic rings. The summed E-state index contributed by atoms with van der Waals surface area (Å²) < 4.78 is 6.00. The van der Waals surface area contributed by atoms with Gasteiger partial charge in [0.1, 0.15) is 23.9 Å². The van der Waals surface area contributed by atoms with Crippen LogP contribution < -0.4 is 4.74 Å². The Morgan fingerprint density at radius 1 is 0.964 bits per heavy atom. The molecule has 0 radical (unpaired) electrons. The standard InChI is InChI=1S/C21H27N3O2.2ClH/c1-16-4-3-5-17(2)20(16)26-15-14-23-10-12-24(13-11-23)21(22)18-6-8-19(25)9-7-18;;/h3-9,22,25H,10-15H2,1-2H3;2*1H. The van der Waals surface area contributed by atoms with Gasteiger partial charge in [-0.05, 0) is 49.2 Å². The van der Waals surface area contributed by atoms with Crippen LogP contribution >= 0.6 is 24.8 Å². The number of piperazine rings is 1. The minimum absolute atomic E-state index is 0. The topological polar surface area (TPSA) is 59.8 Å². The van der Waals surface area contributed by atoms with Gasteiger partial charge in [-0.1, -0.05) is 18.2 Å². The van der Waals surface area contributed by atoms with E-state index in [0.29, 0.717) is 12.4 Å². The summed E-state index contributed by atoms with van der Waals surface area (Å²) in [6, 6.07) is 13.1. The second kappa shape index (κ2) is 11.1. The number of aromatic hydroxyl groups is 1. The molecule has 5 nitrogen and oxygen atoms in total. The van der Waals surface area contributed by atoms with E-state index >= 15 is 0 Å². The number of para-hydroxylation sites is 1. The first-order valence-corrected chi connectivity index (χ1v) is 9.09. The Hall–Kier alpha value is -1.95. The molecule has 1 saturated heterocycles. The highest BCUT2D eigenvalue weighted by molar-refractivity contribution is 5.96. The van der Waals surface area contributed by atoms with E-state index in [4.69, 9.17) is 10.1 Å². The van der Waals surface area contributed by atoms with E-state index in [1.54, 1.807) is 24.3 Å². The third kappa shape index (κ3) is 6.03. The molecule has 0 saturated carbocycles. The van der Waals surface area contributed by atoms with E-state index in [2.05, 4.69) is 41.8 Å². The lowest BCUT2D eigenvalue weighted by molar-refractivity contribution is 0.153. The maximum absolute atomic E-state index is 9.38. The molecule has 1 aliphatic heterocycles. The third-order valence-electron chi connectivity index (χ3n) is 4.89. The van der Waals surface area contributed by atoms with Gasteiger partial charge >= 0.3 is 0 Å². The van der Waals surface area contributed by atoms with Gasteiger partial charge in [-0.15, -0.1) is 24.8 Å². The first-order valence-electron chi connectivity index (χ1n) is 9.09. The zero-order chi connectivity index (χ0) is 18.5. The molecule has 1 heterocycles. The maximum atomic E-state index is 9.38. The predicted molar refractivity (Wildman–Crippen MR) is 119 cm³/mol. The minimum atomic E-state index is 0. The van der Waals surface area contributed by atoms with Crippen LogP contribution in [-0.4, -0.2) is 60.1 Å². The number of phenols is 1. The van der Waals surface area contributed by atoms with Crippen LogP contribution in [0, 0.1) is 19.3 Å². The van der Waals surface area contributed by atoms with Crippen molar-refractivity contribution in [2.45, 2.75) is 13.8 Å². The molecule has 0 aromatic heterocycles. The van der Waals surface area contributed by atoms with Crippen LogP contribution in [0.25, 0.3) is 0 Å². The number of hydrogen-bond acceptors (Lipinski definition) is 4. The quantitative estimate of drug-likeness (QED) is 0.563. The van der Waals surface area contributed by atoms with Gasteiger partial charge in [0.25, 0.3) is 0 Å². The van der Waals surface area contributed by atoms with E-state index in [9.17, 15) is 5.11 Å². The van der Waals surface area contributed by atoms with Crippen LogP contribution in [0.1, 0.15) is 16.7 Å². The van der Waals surface area contributed by atoms with Crippen LogP contribution in [0.2, 0.25) is 0 Å². The summed E-state index contributed by atoms with van der Waals surface area (Å²) in [4.78, 5) is 4.48. The third-order valence-corrected chi connectivity index (χ3v) is 4.89. The Morgan fingerprint density at radius 2 is 1.54 bits per heavy atom. The lowest BCUT2D eigenvalue weighted by Gasteiger charge is -2.36.